The Balaban J connectivity index is 1.89. The number of amidine groups is 1. The fourth-order valence-electron chi connectivity index (χ4n) is 3.02. The number of hydrazone groups is 1. The van der Waals surface area contributed by atoms with Crippen molar-refractivity contribution in [2.45, 2.75) is 26.3 Å². The Morgan fingerprint density at radius 2 is 1.93 bits per heavy atom. The molecule has 0 spiro atoms. The van der Waals surface area contributed by atoms with E-state index in [1.165, 1.54) is 11.9 Å². The van der Waals surface area contributed by atoms with Crippen LogP contribution < -0.4 is 5.43 Å². The molecule has 1 N–H and O–H groups in total. The molecule has 8 heteroatoms. The minimum atomic E-state index is -0.606. The number of amides is 3. The first-order chi connectivity index (χ1) is 12.9. The molecule has 1 aromatic carbocycles. The van der Waals surface area contributed by atoms with Gasteiger partial charge in [0.05, 0.1) is 12.8 Å². The summed E-state index contributed by atoms with van der Waals surface area (Å²) in [6.07, 6.45) is 2.58. The number of rotatable bonds is 5. The van der Waals surface area contributed by atoms with E-state index < -0.39 is 6.04 Å². The number of fused-ring (bicyclic) bond motifs is 1. The SMILES string of the molecule is CC(C)CC[N+]1=C(N/N=C/c2ccccc2)N=C2C1C(=O)N(C)C(=O)N2C. The maximum atomic E-state index is 12.7. The summed E-state index contributed by atoms with van der Waals surface area (Å²) >= 11 is 0. The number of nitrogens with zero attached hydrogens (tertiary/aromatic N) is 5. The number of hydrogen-bond acceptors (Lipinski definition) is 5. The summed E-state index contributed by atoms with van der Waals surface area (Å²) in [4.78, 5) is 32.0. The Morgan fingerprint density at radius 1 is 1.22 bits per heavy atom. The lowest BCUT2D eigenvalue weighted by Gasteiger charge is -2.31. The highest BCUT2D eigenvalue weighted by atomic mass is 16.2. The maximum Gasteiger partial charge on any atom is 0.413 e. The highest BCUT2D eigenvalue weighted by Crippen LogP contribution is 2.19. The quantitative estimate of drug-likeness (QED) is 0.483. The van der Waals surface area contributed by atoms with Crippen LogP contribution >= 0.6 is 0 Å². The van der Waals surface area contributed by atoms with Crippen molar-refractivity contribution in [2.75, 3.05) is 20.6 Å². The fraction of sp³-hybridized carbons (Fsp3) is 0.421. The van der Waals surface area contributed by atoms with E-state index >= 15 is 0 Å². The Morgan fingerprint density at radius 3 is 2.59 bits per heavy atom. The normalized spacial score (nSPS) is 20.0. The molecule has 0 aromatic heterocycles. The van der Waals surface area contributed by atoms with Gasteiger partial charge in [-0.1, -0.05) is 49.2 Å². The third-order valence-electron chi connectivity index (χ3n) is 4.66. The van der Waals surface area contributed by atoms with Crippen molar-refractivity contribution in [3.63, 3.8) is 0 Å². The monoisotopic (exact) mass is 369 g/mol. The van der Waals surface area contributed by atoms with Gasteiger partial charge < -0.3 is 0 Å². The Labute approximate surface area is 158 Å². The molecule has 142 valence electrons. The smallest absolute Gasteiger partial charge is 0.270 e. The van der Waals surface area contributed by atoms with Gasteiger partial charge >= 0.3 is 12.0 Å². The van der Waals surface area contributed by atoms with Crippen LogP contribution in [0.25, 0.3) is 0 Å². The first-order valence-corrected chi connectivity index (χ1v) is 9.01. The van der Waals surface area contributed by atoms with E-state index in [1.807, 2.05) is 34.9 Å². The number of hydrogen-bond donors (Lipinski definition) is 1. The highest BCUT2D eigenvalue weighted by Gasteiger charge is 2.51. The van der Waals surface area contributed by atoms with Crippen molar-refractivity contribution in [2.24, 2.45) is 16.0 Å². The molecular weight excluding hydrogens is 344 g/mol. The second-order valence-electron chi connectivity index (χ2n) is 7.09. The second kappa shape index (κ2) is 7.69. The van der Waals surface area contributed by atoms with Crippen molar-refractivity contribution in [1.29, 1.82) is 0 Å². The van der Waals surface area contributed by atoms with E-state index in [9.17, 15) is 9.59 Å². The molecule has 27 heavy (non-hydrogen) atoms. The minimum absolute atomic E-state index is 0.274. The summed E-state index contributed by atoms with van der Waals surface area (Å²) in [6, 6.07) is 8.70. The molecule has 3 rings (SSSR count). The van der Waals surface area contributed by atoms with E-state index in [-0.39, 0.29) is 11.9 Å². The van der Waals surface area contributed by atoms with Gasteiger partial charge in [-0.2, -0.15) is 5.43 Å². The van der Waals surface area contributed by atoms with Gasteiger partial charge in [0, 0.05) is 14.1 Å². The molecule has 2 aliphatic rings. The summed E-state index contributed by atoms with van der Waals surface area (Å²) in [7, 11) is 3.13. The first-order valence-electron chi connectivity index (χ1n) is 9.01. The topological polar surface area (TPSA) is 80.4 Å². The van der Waals surface area contributed by atoms with Crippen LogP contribution in [0.2, 0.25) is 0 Å². The molecule has 0 aliphatic carbocycles. The van der Waals surface area contributed by atoms with Gasteiger partial charge in [0.25, 0.3) is 5.91 Å². The van der Waals surface area contributed by atoms with Gasteiger partial charge in [0.1, 0.15) is 0 Å². The number of guanidine groups is 1. The van der Waals surface area contributed by atoms with E-state index in [0.717, 1.165) is 16.9 Å². The number of urea groups is 1. The van der Waals surface area contributed by atoms with Crippen LogP contribution in [-0.4, -0.2) is 71.0 Å². The molecule has 0 saturated carbocycles. The zero-order valence-electron chi connectivity index (χ0n) is 16.1. The average Bonchev–Trinajstić information content (AvgIpc) is 3.02. The predicted molar refractivity (Wildman–Crippen MR) is 104 cm³/mol. The van der Waals surface area contributed by atoms with E-state index in [2.05, 4.69) is 29.4 Å². The van der Waals surface area contributed by atoms with Gasteiger partial charge in [-0.3, -0.25) is 14.6 Å². The summed E-state index contributed by atoms with van der Waals surface area (Å²) in [5, 5.41) is 4.26. The molecule has 0 radical (unpaired) electrons. The molecule has 0 bridgehead atoms. The zero-order valence-corrected chi connectivity index (χ0v) is 16.1. The van der Waals surface area contributed by atoms with Crippen LogP contribution in [0.4, 0.5) is 4.79 Å². The summed E-state index contributed by atoms with van der Waals surface area (Å²) in [5.74, 6) is 1.11. The average molecular weight is 369 g/mol. The van der Waals surface area contributed by atoms with Crippen LogP contribution in [0, 0.1) is 5.92 Å². The largest absolute Gasteiger partial charge is 0.413 e. The van der Waals surface area contributed by atoms with Crippen molar-refractivity contribution in [1.82, 2.24) is 15.2 Å². The molecule has 2 heterocycles. The molecular formula is C19H25N6O2+. The van der Waals surface area contributed by atoms with Gasteiger partial charge in [-0.05, 0) is 17.9 Å². The van der Waals surface area contributed by atoms with Crippen molar-refractivity contribution in [3.05, 3.63) is 35.9 Å². The van der Waals surface area contributed by atoms with E-state index in [0.29, 0.717) is 24.3 Å². The number of carbonyl (C=O) groups is 2. The molecule has 8 nitrogen and oxygen atoms in total. The molecule has 1 fully saturated rings. The molecule has 2 aliphatic heterocycles. The molecule has 3 amide bonds. The van der Waals surface area contributed by atoms with Gasteiger partial charge in [-0.15, -0.1) is 5.10 Å². The Kier molecular flexibility index (Phi) is 5.34. The van der Waals surface area contributed by atoms with Crippen molar-refractivity contribution >= 4 is 29.9 Å². The number of aliphatic imine (C=N–C) groups is 1. The zero-order chi connectivity index (χ0) is 19.6. The molecule has 1 atom stereocenters. The third kappa shape index (κ3) is 3.74. The lowest BCUT2D eigenvalue weighted by Crippen LogP contribution is -2.61. The van der Waals surface area contributed by atoms with Gasteiger partial charge in [0.15, 0.2) is 0 Å². The standard InChI is InChI=1S/C19H24N6O2/c1-13(2)10-11-25-15-16(23(3)19(27)24(4)17(15)26)21-18(25)22-20-12-14-8-6-5-7-9-14/h5-9,12-13,15H,10-11H2,1-4H3/p+1/b20-12+. The highest BCUT2D eigenvalue weighted by molar-refractivity contribution is 6.22. The lowest BCUT2D eigenvalue weighted by atomic mass is 10.1. The number of carbonyl (C=O) groups excluding carboxylic acids is 2. The fourth-order valence-corrected chi connectivity index (χ4v) is 3.02. The molecule has 1 unspecified atom stereocenters. The van der Waals surface area contributed by atoms with E-state index in [1.54, 1.807) is 13.3 Å². The van der Waals surface area contributed by atoms with Crippen molar-refractivity contribution < 1.29 is 14.2 Å². The Hall–Kier alpha value is -3.03. The van der Waals surface area contributed by atoms with Crippen LogP contribution in [0.1, 0.15) is 25.8 Å². The first kappa shape index (κ1) is 18.8. The number of imide groups is 1. The summed E-state index contributed by atoms with van der Waals surface area (Å²) < 4.78 is 1.89. The van der Waals surface area contributed by atoms with Crippen molar-refractivity contribution in [3.8, 4) is 0 Å². The van der Waals surface area contributed by atoms with Gasteiger partial charge in [0.2, 0.25) is 11.9 Å². The molecule has 1 aromatic rings. The lowest BCUT2D eigenvalue weighted by molar-refractivity contribution is -0.538. The summed E-state index contributed by atoms with van der Waals surface area (Å²) in [5.41, 5.74) is 3.90. The predicted octanol–water partition coefficient (Wildman–Crippen LogP) is 1.33. The number of benzene rings is 1. The molecule has 1 saturated heterocycles. The van der Waals surface area contributed by atoms with Crippen LogP contribution in [0.3, 0.4) is 0 Å². The Bertz CT molecular complexity index is 828. The second-order valence-corrected chi connectivity index (χ2v) is 7.09. The van der Waals surface area contributed by atoms with Crippen LogP contribution in [0.5, 0.6) is 0 Å². The van der Waals surface area contributed by atoms with Crippen LogP contribution in [0.15, 0.2) is 40.4 Å². The third-order valence-corrected chi connectivity index (χ3v) is 4.66. The van der Waals surface area contributed by atoms with E-state index in [4.69, 9.17) is 0 Å². The number of likely N-dealkylation sites (N-methyl/N-ethyl adjacent to an activating group) is 2. The number of nitrogens with one attached hydrogen (secondary N) is 1. The summed E-state index contributed by atoms with van der Waals surface area (Å²) in [6.45, 7) is 4.89. The van der Waals surface area contributed by atoms with Gasteiger partial charge in [-0.25, -0.2) is 9.37 Å². The minimum Gasteiger partial charge on any atom is -0.270 e. The van der Waals surface area contributed by atoms with Crippen LogP contribution in [-0.2, 0) is 4.79 Å². The maximum absolute atomic E-state index is 12.7.